The minimum Gasteiger partial charge on any atom is -0.376 e. The van der Waals surface area contributed by atoms with Crippen LogP contribution in [0.25, 0.3) is 12.2 Å². The van der Waals surface area contributed by atoms with Crippen LogP contribution < -0.4 is 16.0 Å². The van der Waals surface area contributed by atoms with Crippen molar-refractivity contribution in [1.29, 1.82) is 0 Å². The molecule has 2 N–H and O–H groups in total. The van der Waals surface area contributed by atoms with E-state index in [1.165, 1.54) is 0 Å². The second-order valence-electron chi connectivity index (χ2n) is 7.12. The molecule has 4 aliphatic heterocycles. The maximum atomic E-state index is 6.11. The van der Waals surface area contributed by atoms with Crippen LogP contribution in [0.2, 0.25) is 0 Å². The van der Waals surface area contributed by atoms with E-state index in [4.69, 9.17) is 21.6 Å². The molecule has 0 saturated carbocycles. The molecule has 0 aliphatic carbocycles. The predicted molar refractivity (Wildman–Crippen MR) is 112 cm³/mol. The van der Waals surface area contributed by atoms with E-state index in [1.54, 1.807) is 0 Å². The lowest BCUT2D eigenvalue weighted by Gasteiger charge is -2.27. The van der Waals surface area contributed by atoms with Crippen molar-refractivity contribution in [2.45, 2.75) is 18.4 Å². The Morgan fingerprint density at radius 1 is 0.926 bits per heavy atom. The Labute approximate surface area is 162 Å². The van der Waals surface area contributed by atoms with Crippen molar-refractivity contribution in [2.75, 3.05) is 5.88 Å². The molecule has 5 heteroatoms. The van der Waals surface area contributed by atoms with E-state index in [2.05, 4.69) is 52.8 Å². The third-order valence-electron chi connectivity index (χ3n) is 5.05. The first-order valence-corrected chi connectivity index (χ1v) is 9.64. The molecular weight excluding hydrogens is 356 g/mol. The van der Waals surface area contributed by atoms with Crippen molar-refractivity contribution in [3.05, 3.63) is 82.5 Å². The summed E-state index contributed by atoms with van der Waals surface area (Å²) in [5.41, 5.74) is 4.66. The Hall–Kier alpha value is -2.85. The molecule has 0 fully saturated rings. The highest BCUT2D eigenvalue weighted by atomic mass is 35.5. The minimum absolute atomic E-state index is 0.204. The molecule has 8 bridgehead atoms. The molecule has 4 nitrogen and oxygen atoms in total. The third-order valence-corrected chi connectivity index (χ3v) is 5.24. The summed E-state index contributed by atoms with van der Waals surface area (Å²) in [5.74, 6) is 0.587. The van der Waals surface area contributed by atoms with Crippen molar-refractivity contribution in [3.8, 4) is 0 Å². The van der Waals surface area contributed by atoms with Gasteiger partial charge in [0.05, 0.1) is 28.4 Å². The lowest BCUT2D eigenvalue weighted by atomic mass is 9.93. The number of hydrogen-bond donors (Lipinski definition) is 2. The number of alkyl halides is 1. The van der Waals surface area contributed by atoms with Crippen molar-refractivity contribution in [2.24, 2.45) is 9.98 Å². The lowest BCUT2D eigenvalue weighted by molar-refractivity contribution is 0.464. The highest BCUT2D eigenvalue weighted by molar-refractivity contribution is 6.20. The summed E-state index contributed by atoms with van der Waals surface area (Å²) >= 11 is 6.11. The molecule has 0 saturated heterocycles. The summed E-state index contributed by atoms with van der Waals surface area (Å²) in [6, 6.07) is 4.11. The zero-order valence-electron chi connectivity index (χ0n) is 14.7. The van der Waals surface area contributed by atoms with Crippen molar-refractivity contribution < 1.29 is 0 Å². The number of allylic oxidation sites excluding steroid dienone is 5. The summed E-state index contributed by atoms with van der Waals surface area (Å²) in [4.78, 5) is 12.9. The summed E-state index contributed by atoms with van der Waals surface area (Å²) in [5, 5.41) is 5.69. The zero-order valence-corrected chi connectivity index (χ0v) is 15.5. The Kier molecular flexibility index (Phi) is 3.87. The first kappa shape index (κ1) is 16.3. The summed E-state index contributed by atoms with van der Waals surface area (Å²) in [7, 11) is 0. The maximum absolute atomic E-state index is 6.11. The van der Waals surface area contributed by atoms with Gasteiger partial charge in [0.25, 0.3) is 0 Å². The largest absolute Gasteiger partial charge is 0.376 e. The van der Waals surface area contributed by atoms with E-state index in [1.807, 2.05) is 24.3 Å². The van der Waals surface area contributed by atoms with E-state index in [0.717, 1.165) is 52.1 Å². The maximum Gasteiger partial charge on any atom is 0.0658 e. The molecule has 0 radical (unpaired) electrons. The Bertz CT molecular complexity index is 1140. The van der Waals surface area contributed by atoms with Crippen LogP contribution >= 0.6 is 11.6 Å². The molecule has 1 aromatic rings. The van der Waals surface area contributed by atoms with Crippen LogP contribution in [0.1, 0.15) is 12.8 Å². The SMILES string of the molecule is ClCCC12C=C3C=CC(=N3)C=c3ccc([nH]3)=CC3=NC(=CC(=CC1)N2)C=C3. The average molecular weight is 375 g/mol. The van der Waals surface area contributed by atoms with Crippen molar-refractivity contribution in [3.63, 3.8) is 0 Å². The van der Waals surface area contributed by atoms with E-state index in [0.29, 0.717) is 5.88 Å². The minimum atomic E-state index is -0.204. The molecule has 0 spiro atoms. The van der Waals surface area contributed by atoms with Crippen LogP contribution in [-0.4, -0.2) is 27.8 Å². The molecule has 1 atom stereocenters. The standard InChI is InChI=1S/C22H19ClN4/c23-10-9-22-8-7-20(27-22)13-19-4-3-16(25-19)11-15-1-2-17(24-15)12-18-5-6-21(14-22)26-18/h1-7,11-14,24,27H,8-10H2. The van der Waals surface area contributed by atoms with E-state index >= 15 is 0 Å². The van der Waals surface area contributed by atoms with Crippen LogP contribution in [0, 0.1) is 0 Å². The molecule has 1 unspecified atom stereocenters. The number of nitrogens with zero attached hydrogens (tertiary/aromatic N) is 2. The number of H-pyrrole nitrogens is 1. The highest BCUT2D eigenvalue weighted by Crippen LogP contribution is 2.30. The lowest BCUT2D eigenvalue weighted by Crippen LogP contribution is -2.39. The summed E-state index contributed by atoms with van der Waals surface area (Å²) < 4.78 is 0. The molecule has 0 amide bonds. The van der Waals surface area contributed by atoms with Gasteiger partial charge >= 0.3 is 0 Å². The quantitative estimate of drug-likeness (QED) is 0.768. The number of aromatic nitrogens is 1. The Balaban J connectivity index is 1.65. The molecule has 134 valence electrons. The van der Waals surface area contributed by atoms with E-state index in [-0.39, 0.29) is 5.54 Å². The fraction of sp³-hybridized carbons (Fsp3) is 0.182. The first-order chi connectivity index (χ1) is 13.2. The van der Waals surface area contributed by atoms with Gasteiger partial charge in [-0.25, -0.2) is 9.98 Å². The number of nitrogens with one attached hydrogen (secondary N) is 2. The summed E-state index contributed by atoms with van der Waals surface area (Å²) in [6.07, 6.45) is 20.5. The van der Waals surface area contributed by atoms with Gasteiger partial charge in [-0.3, -0.25) is 0 Å². The van der Waals surface area contributed by atoms with Gasteiger partial charge in [-0.05, 0) is 73.6 Å². The second kappa shape index (κ2) is 6.39. The molecule has 4 aliphatic rings. The van der Waals surface area contributed by atoms with Gasteiger partial charge in [-0.2, -0.15) is 0 Å². The predicted octanol–water partition coefficient (Wildman–Crippen LogP) is 2.62. The average Bonchev–Trinajstić information content (AvgIpc) is 3.40. The molecule has 5 heterocycles. The monoisotopic (exact) mass is 374 g/mol. The Morgan fingerprint density at radius 3 is 2.37 bits per heavy atom. The van der Waals surface area contributed by atoms with Crippen LogP contribution in [-0.2, 0) is 0 Å². The molecular formula is C22H19ClN4. The van der Waals surface area contributed by atoms with Crippen molar-refractivity contribution in [1.82, 2.24) is 10.3 Å². The van der Waals surface area contributed by atoms with Crippen LogP contribution in [0.4, 0.5) is 0 Å². The molecule has 27 heavy (non-hydrogen) atoms. The zero-order chi connectivity index (χ0) is 18.3. The number of hydrogen-bond acceptors (Lipinski definition) is 3. The summed E-state index contributed by atoms with van der Waals surface area (Å²) in [6.45, 7) is 0. The molecule has 0 aromatic carbocycles. The Morgan fingerprint density at radius 2 is 1.63 bits per heavy atom. The fourth-order valence-corrected chi connectivity index (χ4v) is 4.08. The van der Waals surface area contributed by atoms with Crippen LogP contribution in [0.5, 0.6) is 0 Å². The highest BCUT2D eigenvalue weighted by Gasteiger charge is 2.31. The van der Waals surface area contributed by atoms with Gasteiger partial charge in [-0.1, -0.05) is 6.08 Å². The van der Waals surface area contributed by atoms with Gasteiger partial charge in [0.2, 0.25) is 0 Å². The van der Waals surface area contributed by atoms with Gasteiger partial charge < -0.3 is 10.3 Å². The number of halogens is 1. The second-order valence-corrected chi connectivity index (χ2v) is 7.50. The van der Waals surface area contributed by atoms with Gasteiger partial charge in [0, 0.05) is 22.3 Å². The van der Waals surface area contributed by atoms with Crippen molar-refractivity contribution >= 4 is 35.2 Å². The van der Waals surface area contributed by atoms with Gasteiger partial charge in [0.1, 0.15) is 0 Å². The smallest absolute Gasteiger partial charge is 0.0658 e. The topological polar surface area (TPSA) is 52.5 Å². The number of rotatable bonds is 2. The van der Waals surface area contributed by atoms with Gasteiger partial charge in [0.15, 0.2) is 0 Å². The fourth-order valence-electron chi connectivity index (χ4n) is 3.75. The van der Waals surface area contributed by atoms with E-state index < -0.39 is 0 Å². The number of aliphatic imine (C=N–C) groups is 2. The van der Waals surface area contributed by atoms with E-state index in [9.17, 15) is 0 Å². The first-order valence-electron chi connectivity index (χ1n) is 9.11. The van der Waals surface area contributed by atoms with Crippen LogP contribution in [0.3, 0.4) is 0 Å². The molecule has 1 aromatic heterocycles. The number of aromatic amines is 1. The normalized spacial score (nSPS) is 25.0. The third kappa shape index (κ3) is 3.28. The van der Waals surface area contributed by atoms with Crippen LogP contribution in [0.15, 0.2) is 81.7 Å². The van der Waals surface area contributed by atoms with Gasteiger partial charge in [-0.15, -0.1) is 11.6 Å². The number of fused-ring (bicyclic) bond motifs is 6. The molecule has 5 rings (SSSR count).